The number of fused-ring (bicyclic) bond motifs is 1. The number of aromatic nitrogens is 1. The highest BCUT2D eigenvalue weighted by atomic mass is 32.1. The van der Waals surface area contributed by atoms with Gasteiger partial charge in [0.15, 0.2) is 5.11 Å². The van der Waals surface area contributed by atoms with Gasteiger partial charge in [0.2, 0.25) is 0 Å². The van der Waals surface area contributed by atoms with E-state index in [-0.39, 0.29) is 0 Å². The molecular weight excluding hydrogens is 344 g/mol. The molecule has 0 radical (unpaired) electrons. The summed E-state index contributed by atoms with van der Waals surface area (Å²) in [5.41, 5.74) is 3.60. The van der Waals surface area contributed by atoms with Gasteiger partial charge in [0, 0.05) is 13.1 Å². The number of pyridine rings is 1. The Labute approximate surface area is 158 Å². The molecule has 5 nitrogen and oxygen atoms in total. The van der Waals surface area contributed by atoms with Crippen LogP contribution in [0.25, 0.3) is 0 Å². The molecule has 0 aliphatic carbocycles. The van der Waals surface area contributed by atoms with E-state index in [1.54, 1.807) is 0 Å². The van der Waals surface area contributed by atoms with Crippen molar-refractivity contribution >= 4 is 28.8 Å². The number of hydrogen-bond donors (Lipinski definition) is 2. The zero-order chi connectivity index (χ0) is 17.9. The number of hydrogen-bond acceptors (Lipinski definition) is 4. The molecule has 132 valence electrons. The molecule has 0 saturated heterocycles. The maximum atomic E-state index is 5.52. The van der Waals surface area contributed by atoms with Crippen LogP contribution >= 0.6 is 12.2 Å². The van der Waals surface area contributed by atoms with E-state index in [2.05, 4.69) is 44.8 Å². The fourth-order valence-electron chi connectivity index (χ4n) is 3.07. The van der Waals surface area contributed by atoms with Crippen molar-refractivity contribution in [3.63, 3.8) is 0 Å². The van der Waals surface area contributed by atoms with Crippen LogP contribution < -0.4 is 15.5 Å². The number of rotatable bonds is 4. The Bertz CT molecular complexity index is 895. The smallest absolute Gasteiger partial charge is 0.171 e. The van der Waals surface area contributed by atoms with E-state index >= 15 is 0 Å². The lowest BCUT2D eigenvalue weighted by Crippen LogP contribution is -2.27. The van der Waals surface area contributed by atoms with Crippen molar-refractivity contribution in [3.8, 4) is 0 Å². The highest BCUT2D eigenvalue weighted by molar-refractivity contribution is 7.80. The molecule has 3 heterocycles. The molecule has 3 aromatic rings. The second-order valence-electron chi connectivity index (χ2n) is 6.35. The Balaban J connectivity index is 1.32. The van der Waals surface area contributed by atoms with Crippen LogP contribution in [-0.2, 0) is 19.6 Å². The van der Waals surface area contributed by atoms with Crippen LogP contribution in [0.2, 0.25) is 0 Å². The zero-order valence-electron chi connectivity index (χ0n) is 14.5. The zero-order valence-corrected chi connectivity index (χ0v) is 15.3. The second kappa shape index (κ2) is 7.17. The van der Waals surface area contributed by atoms with Crippen molar-refractivity contribution in [3.05, 3.63) is 77.4 Å². The Morgan fingerprint density at radius 3 is 2.50 bits per heavy atom. The van der Waals surface area contributed by atoms with Gasteiger partial charge in [-0.05, 0) is 54.5 Å². The standard InChI is InChI=1S/C20H20N4OS/c1-14-6-8-18(25-14)11-22-20(26)23-17-7-9-19(21-10-17)24-12-15-4-2-3-5-16(15)13-24/h2-10H,11-13H2,1H3,(H2,22,23,26). The molecule has 0 amide bonds. The first-order valence-electron chi connectivity index (χ1n) is 8.55. The molecule has 4 rings (SSSR count). The molecule has 1 aliphatic heterocycles. The number of furan rings is 1. The molecular formula is C20H20N4OS. The third-order valence-corrected chi connectivity index (χ3v) is 4.64. The van der Waals surface area contributed by atoms with E-state index in [0.717, 1.165) is 36.1 Å². The molecule has 26 heavy (non-hydrogen) atoms. The van der Waals surface area contributed by atoms with Gasteiger partial charge in [-0.2, -0.15) is 0 Å². The summed E-state index contributed by atoms with van der Waals surface area (Å²) in [7, 11) is 0. The Hall–Kier alpha value is -2.86. The quantitative estimate of drug-likeness (QED) is 0.683. The number of anilines is 2. The lowest BCUT2D eigenvalue weighted by Gasteiger charge is -2.17. The van der Waals surface area contributed by atoms with Crippen LogP contribution in [0.5, 0.6) is 0 Å². The maximum Gasteiger partial charge on any atom is 0.171 e. The van der Waals surface area contributed by atoms with Crippen LogP contribution in [0, 0.1) is 6.92 Å². The second-order valence-corrected chi connectivity index (χ2v) is 6.76. The van der Waals surface area contributed by atoms with E-state index in [9.17, 15) is 0 Å². The Kier molecular flexibility index (Phi) is 4.58. The van der Waals surface area contributed by atoms with Crippen molar-refractivity contribution in [2.75, 3.05) is 10.2 Å². The summed E-state index contributed by atoms with van der Waals surface area (Å²) >= 11 is 5.33. The summed E-state index contributed by atoms with van der Waals surface area (Å²) in [4.78, 5) is 6.84. The van der Waals surface area contributed by atoms with E-state index in [4.69, 9.17) is 16.6 Å². The summed E-state index contributed by atoms with van der Waals surface area (Å²) in [6.07, 6.45) is 1.81. The van der Waals surface area contributed by atoms with Crippen LogP contribution in [0.15, 0.2) is 59.1 Å². The van der Waals surface area contributed by atoms with Gasteiger partial charge in [-0.25, -0.2) is 4.98 Å². The predicted molar refractivity (Wildman–Crippen MR) is 107 cm³/mol. The highest BCUT2D eigenvalue weighted by Crippen LogP contribution is 2.27. The first kappa shape index (κ1) is 16.6. The average molecular weight is 364 g/mol. The van der Waals surface area contributed by atoms with Gasteiger partial charge in [-0.1, -0.05) is 24.3 Å². The fourth-order valence-corrected chi connectivity index (χ4v) is 3.26. The van der Waals surface area contributed by atoms with E-state index in [1.165, 1.54) is 11.1 Å². The topological polar surface area (TPSA) is 53.3 Å². The van der Waals surface area contributed by atoms with Gasteiger partial charge in [0.05, 0.1) is 18.4 Å². The number of thiocarbonyl (C=S) groups is 1. The van der Waals surface area contributed by atoms with Crippen LogP contribution in [0.1, 0.15) is 22.6 Å². The third-order valence-electron chi connectivity index (χ3n) is 4.39. The van der Waals surface area contributed by atoms with Crippen molar-refractivity contribution in [1.29, 1.82) is 0 Å². The lowest BCUT2D eigenvalue weighted by molar-refractivity contribution is 0.478. The van der Waals surface area contributed by atoms with Gasteiger partial charge < -0.3 is 20.0 Å². The van der Waals surface area contributed by atoms with Crippen molar-refractivity contribution in [2.24, 2.45) is 0 Å². The predicted octanol–water partition coefficient (Wildman–Crippen LogP) is 3.99. The largest absolute Gasteiger partial charge is 0.465 e. The average Bonchev–Trinajstić information content (AvgIpc) is 3.26. The third kappa shape index (κ3) is 3.70. The van der Waals surface area contributed by atoms with Gasteiger partial charge in [-0.3, -0.25) is 0 Å². The van der Waals surface area contributed by atoms with Crippen LogP contribution in [0.4, 0.5) is 11.5 Å². The number of nitrogens with zero attached hydrogens (tertiary/aromatic N) is 2. The van der Waals surface area contributed by atoms with Crippen LogP contribution in [0.3, 0.4) is 0 Å². The first-order valence-corrected chi connectivity index (χ1v) is 8.96. The monoisotopic (exact) mass is 364 g/mol. The minimum atomic E-state index is 0.544. The van der Waals surface area contributed by atoms with Crippen molar-refractivity contribution < 1.29 is 4.42 Å². The van der Waals surface area contributed by atoms with E-state index in [1.807, 2.05) is 37.4 Å². The Morgan fingerprint density at radius 2 is 1.88 bits per heavy atom. The normalized spacial score (nSPS) is 12.7. The molecule has 2 aromatic heterocycles. The number of aryl methyl sites for hydroxylation is 1. The minimum absolute atomic E-state index is 0.544. The molecule has 0 bridgehead atoms. The van der Waals surface area contributed by atoms with Gasteiger partial charge in [0.25, 0.3) is 0 Å². The first-order chi connectivity index (χ1) is 12.7. The minimum Gasteiger partial charge on any atom is -0.465 e. The molecule has 0 saturated carbocycles. The highest BCUT2D eigenvalue weighted by Gasteiger charge is 2.19. The van der Waals surface area contributed by atoms with Gasteiger partial charge >= 0.3 is 0 Å². The maximum absolute atomic E-state index is 5.52. The molecule has 1 aliphatic rings. The molecule has 0 unspecified atom stereocenters. The van der Waals surface area contributed by atoms with Crippen molar-refractivity contribution in [1.82, 2.24) is 10.3 Å². The van der Waals surface area contributed by atoms with E-state index < -0.39 is 0 Å². The Morgan fingerprint density at radius 1 is 1.12 bits per heavy atom. The van der Waals surface area contributed by atoms with Gasteiger partial charge in [0.1, 0.15) is 17.3 Å². The van der Waals surface area contributed by atoms with Crippen molar-refractivity contribution in [2.45, 2.75) is 26.6 Å². The summed E-state index contributed by atoms with van der Waals surface area (Å²) in [6, 6.07) is 16.4. The lowest BCUT2D eigenvalue weighted by atomic mass is 10.1. The summed E-state index contributed by atoms with van der Waals surface area (Å²) < 4.78 is 5.52. The van der Waals surface area contributed by atoms with Gasteiger partial charge in [-0.15, -0.1) is 0 Å². The molecule has 0 atom stereocenters. The molecule has 2 N–H and O–H groups in total. The number of benzene rings is 1. The van der Waals surface area contributed by atoms with E-state index in [0.29, 0.717) is 11.7 Å². The number of nitrogens with one attached hydrogen (secondary N) is 2. The molecule has 1 aromatic carbocycles. The fraction of sp³-hybridized carbons (Fsp3) is 0.200. The summed E-state index contributed by atoms with van der Waals surface area (Å²) in [5.74, 6) is 2.72. The summed E-state index contributed by atoms with van der Waals surface area (Å²) in [6.45, 7) is 4.28. The van der Waals surface area contributed by atoms with Crippen LogP contribution in [-0.4, -0.2) is 10.1 Å². The SMILES string of the molecule is Cc1ccc(CNC(=S)Nc2ccc(N3Cc4ccccc4C3)nc2)o1. The molecule has 0 fully saturated rings. The molecule has 0 spiro atoms. The summed E-state index contributed by atoms with van der Waals surface area (Å²) in [5, 5.41) is 6.83. The molecule has 6 heteroatoms.